The van der Waals surface area contributed by atoms with E-state index in [9.17, 15) is 4.79 Å². The van der Waals surface area contributed by atoms with Crippen molar-refractivity contribution in [1.29, 1.82) is 0 Å². The minimum absolute atomic E-state index is 0.0677. The number of hydrogen-bond acceptors (Lipinski definition) is 4. The highest BCUT2D eigenvalue weighted by atomic mass is 32.1. The third-order valence-electron chi connectivity index (χ3n) is 3.89. The second kappa shape index (κ2) is 5.46. The van der Waals surface area contributed by atoms with Crippen molar-refractivity contribution in [3.63, 3.8) is 0 Å². The van der Waals surface area contributed by atoms with Crippen molar-refractivity contribution in [3.05, 3.63) is 47.6 Å². The maximum Gasteiger partial charge on any atom is 0.273 e. The molecular formula is C16H15N3O2S. The number of para-hydroxylation sites is 1. The van der Waals surface area contributed by atoms with E-state index in [1.54, 1.807) is 6.20 Å². The van der Waals surface area contributed by atoms with Gasteiger partial charge in [0.2, 0.25) is 5.91 Å². The maximum atomic E-state index is 12.3. The smallest absolute Gasteiger partial charge is 0.273 e. The Morgan fingerprint density at radius 2 is 2.27 bits per heavy atom. The molecule has 1 aromatic carbocycles. The Kier molecular flexibility index (Phi) is 3.31. The lowest BCUT2D eigenvalue weighted by atomic mass is 10.1. The van der Waals surface area contributed by atoms with Gasteiger partial charge in [-0.1, -0.05) is 29.5 Å². The zero-order valence-electron chi connectivity index (χ0n) is 11.9. The normalized spacial score (nSPS) is 15.0. The minimum Gasteiger partial charge on any atom is -0.463 e. The molecule has 1 aliphatic heterocycles. The summed E-state index contributed by atoms with van der Waals surface area (Å²) in [5.74, 6) is 0.142. The Labute approximate surface area is 131 Å². The monoisotopic (exact) mass is 313 g/mol. The van der Waals surface area contributed by atoms with E-state index < -0.39 is 0 Å². The fourth-order valence-corrected chi connectivity index (χ4v) is 3.23. The highest BCUT2D eigenvalue weighted by molar-refractivity contribution is 7.11. The number of carbonyl (C=O) groups excluding carboxylic acids is 1. The molecule has 1 fully saturated rings. The molecule has 0 aliphatic carbocycles. The second-order valence-electron chi connectivity index (χ2n) is 5.37. The zero-order valence-corrected chi connectivity index (χ0v) is 12.7. The molecule has 1 amide bonds. The predicted octanol–water partition coefficient (Wildman–Crippen LogP) is 2.46. The lowest BCUT2D eigenvalue weighted by molar-refractivity contribution is -0.139. The quantitative estimate of drug-likeness (QED) is 0.805. The summed E-state index contributed by atoms with van der Waals surface area (Å²) in [7, 11) is 0. The number of rotatable bonds is 4. The number of H-pyrrole nitrogens is 1. The zero-order chi connectivity index (χ0) is 14.9. The van der Waals surface area contributed by atoms with Gasteiger partial charge < -0.3 is 14.6 Å². The standard InChI is InChI=1S/C16H15N3O2S/c20-15(7-11-8-18-14-4-2-1-3-13(11)14)19-9-12(10-19)21-16-17-5-6-22-16/h1-6,8,12,18H,7,9-10H2. The van der Waals surface area contributed by atoms with Gasteiger partial charge in [-0.25, -0.2) is 4.98 Å². The molecule has 2 aromatic heterocycles. The molecule has 1 aliphatic rings. The van der Waals surface area contributed by atoms with Crippen LogP contribution in [0.25, 0.3) is 10.9 Å². The van der Waals surface area contributed by atoms with Crippen LogP contribution in [0.4, 0.5) is 0 Å². The Hall–Kier alpha value is -2.34. The van der Waals surface area contributed by atoms with Crippen molar-refractivity contribution in [2.75, 3.05) is 13.1 Å². The lowest BCUT2D eigenvalue weighted by Gasteiger charge is -2.38. The molecule has 1 N–H and O–H groups in total. The number of likely N-dealkylation sites (tertiary alicyclic amines) is 1. The molecule has 0 atom stereocenters. The number of hydrogen-bond donors (Lipinski definition) is 1. The first-order valence-corrected chi connectivity index (χ1v) is 8.06. The van der Waals surface area contributed by atoms with E-state index in [1.807, 2.05) is 40.7 Å². The number of benzene rings is 1. The number of thiazole rings is 1. The minimum atomic E-state index is 0.0677. The highest BCUT2D eigenvalue weighted by Gasteiger charge is 2.32. The highest BCUT2D eigenvalue weighted by Crippen LogP contribution is 2.22. The fraction of sp³-hybridized carbons (Fsp3) is 0.250. The van der Waals surface area contributed by atoms with Crippen molar-refractivity contribution >= 4 is 28.1 Å². The summed E-state index contributed by atoms with van der Waals surface area (Å²) in [5.41, 5.74) is 2.11. The number of aromatic amines is 1. The molecule has 1 saturated heterocycles. The van der Waals surface area contributed by atoms with E-state index in [-0.39, 0.29) is 12.0 Å². The molecule has 22 heavy (non-hydrogen) atoms. The van der Waals surface area contributed by atoms with E-state index in [0.29, 0.717) is 24.7 Å². The van der Waals surface area contributed by atoms with Crippen molar-refractivity contribution in [1.82, 2.24) is 14.9 Å². The number of ether oxygens (including phenoxy) is 1. The molecular weight excluding hydrogens is 298 g/mol. The molecule has 0 radical (unpaired) electrons. The van der Waals surface area contributed by atoms with Gasteiger partial charge in [0.25, 0.3) is 5.19 Å². The number of nitrogens with zero attached hydrogens (tertiary/aromatic N) is 2. The van der Waals surface area contributed by atoms with E-state index in [4.69, 9.17) is 4.74 Å². The van der Waals surface area contributed by atoms with E-state index >= 15 is 0 Å². The number of amides is 1. The maximum absolute atomic E-state index is 12.3. The van der Waals surface area contributed by atoms with E-state index in [2.05, 4.69) is 9.97 Å². The summed E-state index contributed by atoms with van der Waals surface area (Å²) < 4.78 is 5.68. The summed E-state index contributed by atoms with van der Waals surface area (Å²) in [6, 6.07) is 8.04. The van der Waals surface area contributed by atoms with Gasteiger partial charge in [-0.15, -0.1) is 0 Å². The Morgan fingerprint density at radius 1 is 1.41 bits per heavy atom. The molecule has 5 nitrogen and oxygen atoms in total. The molecule has 0 saturated carbocycles. The molecule has 6 heteroatoms. The van der Waals surface area contributed by atoms with Gasteiger partial charge in [-0.2, -0.15) is 0 Å². The van der Waals surface area contributed by atoms with Crippen LogP contribution in [0.15, 0.2) is 42.0 Å². The first-order valence-electron chi connectivity index (χ1n) is 7.18. The van der Waals surface area contributed by atoms with Gasteiger partial charge in [0.1, 0.15) is 6.10 Å². The Balaban J connectivity index is 1.36. The van der Waals surface area contributed by atoms with Crippen LogP contribution in [0.1, 0.15) is 5.56 Å². The number of nitrogens with one attached hydrogen (secondary N) is 1. The summed E-state index contributed by atoms with van der Waals surface area (Å²) in [6.07, 6.45) is 4.14. The third-order valence-corrected chi connectivity index (χ3v) is 4.56. The van der Waals surface area contributed by atoms with E-state index in [1.165, 1.54) is 11.3 Å². The van der Waals surface area contributed by atoms with Crippen LogP contribution in [0.3, 0.4) is 0 Å². The summed E-state index contributed by atoms with van der Waals surface area (Å²) >= 11 is 1.47. The summed E-state index contributed by atoms with van der Waals surface area (Å²) in [4.78, 5) is 21.5. The molecule has 112 valence electrons. The van der Waals surface area contributed by atoms with Crippen LogP contribution in [0, 0.1) is 0 Å². The van der Waals surface area contributed by atoms with Crippen molar-refractivity contribution < 1.29 is 9.53 Å². The van der Waals surface area contributed by atoms with Crippen molar-refractivity contribution in [2.24, 2.45) is 0 Å². The number of fused-ring (bicyclic) bond motifs is 1. The first-order chi connectivity index (χ1) is 10.8. The second-order valence-corrected chi connectivity index (χ2v) is 6.23. The Bertz CT molecular complexity index is 791. The van der Waals surface area contributed by atoms with Gasteiger partial charge in [0.15, 0.2) is 0 Å². The molecule has 0 bridgehead atoms. The SMILES string of the molecule is O=C(Cc1c[nH]c2ccccc12)N1CC(Oc2nccs2)C1. The number of aromatic nitrogens is 2. The average Bonchev–Trinajstić information content (AvgIpc) is 3.12. The fourth-order valence-electron chi connectivity index (χ4n) is 2.68. The van der Waals surface area contributed by atoms with Crippen molar-refractivity contribution in [3.8, 4) is 5.19 Å². The van der Waals surface area contributed by atoms with Crippen LogP contribution < -0.4 is 4.74 Å². The Morgan fingerprint density at radius 3 is 3.09 bits per heavy atom. The van der Waals surface area contributed by atoms with Gasteiger partial charge >= 0.3 is 0 Å². The summed E-state index contributed by atoms with van der Waals surface area (Å²) in [5, 5.41) is 3.68. The largest absolute Gasteiger partial charge is 0.463 e. The first kappa shape index (κ1) is 13.3. The topological polar surface area (TPSA) is 58.2 Å². The molecule has 0 spiro atoms. The molecule has 0 unspecified atom stereocenters. The van der Waals surface area contributed by atoms with E-state index in [0.717, 1.165) is 16.5 Å². The lowest BCUT2D eigenvalue weighted by Crippen LogP contribution is -2.56. The molecule has 4 rings (SSSR count). The third kappa shape index (κ3) is 2.46. The van der Waals surface area contributed by atoms with Crippen LogP contribution >= 0.6 is 11.3 Å². The van der Waals surface area contributed by atoms with Gasteiger partial charge in [-0.05, 0) is 11.6 Å². The van der Waals surface area contributed by atoms with Crippen molar-refractivity contribution in [2.45, 2.75) is 12.5 Å². The van der Waals surface area contributed by atoms with Gasteiger partial charge in [0, 0.05) is 28.7 Å². The van der Waals surface area contributed by atoms with Crippen LogP contribution in [0.5, 0.6) is 5.19 Å². The van der Waals surface area contributed by atoms with Crippen LogP contribution in [-0.4, -0.2) is 40.0 Å². The average molecular weight is 313 g/mol. The van der Waals surface area contributed by atoms with Gasteiger partial charge in [0.05, 0.1) is 19.5 Å². The predicted molar refractivity (Wildman–Crippen MR) is 85.1 cm³/mol. The van der Waals surface area contributed by atoms with Crippen LogP contribution in [0.2, 0.25) is 0 Å². The number of carbonyl (C=O) groups is 1. The van der Waals surface area contributed by atoms with Crippen LogP contribution in [-0.2, 0) is 11.2 Å². The molecule has 3 heterocycles. The van der Waals surface area contributed by atoms with Gasteiger partial charge in [-0.3, -0.25) is 4.79 Å². The summed E-state index contributed by atoms with van der Waals surface area (Å²) in [6.45, 7) is 1.28. The molecule has 3 aromatic rings.